The van der Waals surface area contributed by atoms with Crippen molar-refractivity contribution in [2.24, 2.45) is 5.73 Å². The molecule has 0 aliphatic carbocycles. The first-order chi connectivity index (χ1) is 10.0. The summed E-state index contributed by atoms with van der Waals surface area (Å²) in [6.07, 6.45) is 0. The van der Waals surface area contributed by atoms with E-state index in [1.807, 2.05) is 31.2 Å². The number of rotatable bonds is 4. The number of hydrogen-bond donors (Lipinski definition) is 2. The van der Waals surface area contributed by atoms with Crippen molar-refractivity contribution in [1.29, 1.82) is 0 Å². The van der Waals surface area contributed by atoms with Gasteiger partial charge in [0.05, 0.1) is 6.04 Å². The number of carbonyl (C=O) groups excluding carboxylic acids is 1. The van der Waals surface area contributed by atoms with Gasteiger partial charge in [-0.15, -0.1) is 0 Å². The highest BCUT2D eigenvalue weighted by atomic mass is 16.2. The molecule has 0 saturated carbocycles. The van der Waals surface area contributed by atoms with E-state index in [-0.39, 0.29) is 11.9 Å². The molecule has 21 heavy (non-hydrogen) atoms. The summed E-state index contributed by atoms with van der Waals surface area (Å²) < 4.78 is 0. The summed E-state index contributed by atoms with van der Waals surface area (Å²) in [6, 6.07) is 8.04. The van der Waals surface area contributed by atoms with Gasteiger partial charge in [0, 0.05) is 37.9 Å². The van der Waals surface area contributed by atoms with Gasteiger partial charge in [-0.05, 0) is 32.5 Å². The standard InChI is InChI=1S/C16H26N4O/c1-12-11-20(9-8-19(12)3)13(2)16(21)18-15-7-5-4-6-14(15)10-17/h4-7,12-13H,8-11,17H2,1-3H3,(H,18,21). The third-order valence-corrected chi connectivity index (χ3v) is 4.41. The summed E-state index contributed by atoms with van der Waals surface area (Å²) in [4.78, 5) is 17.0. The Morgan fingerprint density at radius 2 is 2.14 bits per heavy atom. The Morgan fingerprint density at radius 1 is 1.43 bits per heavy atom. The van der Waals surface area contributed by atoms with Crippen LogP contribution in [0.2, 0.25) is 0 Å². The van der Waals surface area contributed by atoms with E-state index in [9.17, 15) is 4.79 Å². The smallest absolute Gasteiger partial charge is 0.241 e. The fourth-order valence-electron chi connectivity index (χ4n) is 2.65. The van der Waals surface area contributed by atoms with Gasteiger partial charge < -0.3 is 16.0 Å². The van der Waals surface area contributed by atoms with Crippen molar-refractivity contribution in [3.8, 4) is 0 Å². The maximum absolute atomic E-state index is 12.5. The number of anilines is 1. The molecular formula is C16H26N4O. The molecule has 5 heteroatoms. The zero-order chi connectivity index (χ0) is 15.4. The molecule has 116 valence electrons. The number of nitrogens with two attached hydrogens (primary N) is 1. The average molecular weight is 290 g/mol. The topological polar surface area (TPSA) is 61.6 Å². The van der Waals surface area contributed by atoms with E-state index >= 15 is 0 Å². The van der Waals surface area contributed by atoms with Gasteiger partial charge >= 0.3 is 0 Å². The van der Waals surface area contributed by atoms with Crippen LogP contribution in [0.4, 0.5) is 5.69 Å². The van der Waals surface area contributed by atoms with Crippen LogP contribution in [0.25, 0.3) is 0 Å². The Bertz CT molecular complexity index is 491. The third kappa shape index (κ3) is 3.81. The lowest BCUT2D eigenvalue weighted by molar-refractivity contribution is -0.121. The minimum atomic E-state index is -0.132. The number of amides is 1. The monoisotopic (exact) mass is 290 g/mol. The van der Waals surface area contributed by atoms with Crippen LogP contribution in [0.15, 0.2) is 24.3 Å². The van der Waals surface area contributed by atoms with Crippen molar-refractivity contribution in [2.45, 2.75) is 32.5 Å². The van der Waals surface area contributed by atoms with Crippen molar-refractivity contribution in [2.75, 3.05) is 32.0 Å². The number of likely N-dealkylation sites (N-methyl/N-ethyl adjacent to an activating group) is 1. The van der Waals surface area contributed by atoms with Gasteiger partial charge in [0.15, 0.2) is 0 Å². The molecule has 2 atom stereocenters. The summed E-state index contributed by atoms with van der Waals surface area (Å²) in [5.41, 5.74) is 7.49. The van der Waals surface area contributed by atoms with E-state index in [1.165, 1.54) is 0 Å². The predicted molar refractivity (Wildman–Crippen MR) is 86.1 cm³/mol. The fraction of sp³-hybridized carbons (Fsp3) is 0.562. The van der Waals surface area contributed by atoms with Gasteiger partial charge in [-0.3, -0.25) is 9.69 Å². The van der Waals surface area contributed by atoms with Crippen molar-refractivity contribution >= 4 is 11.6 Å². The molecule has 1 saturated heterocycles. The van der Waals surface area contributed by atoms with Crippen LogP contribution in [-0.2, 0) is 11.3 Å². The van der Waals surface area contributed by atoms with Crippen LogP contribution < -0.4 is 11.1 Å². The van der Waals surface area contributed by atoms with Gasteiger partial charge in [-0.1, -0.05) is 18.2 Å². The number of hydrogen-bond acceptors (Lipinski definition) is 4. The highest BCUT2D eigenvalue weighted by Crippen LogP contribution is 2.16. The summed E-state index contributed by atoms with van der Waals surface area (Å²) in [6.45, 7) is 7.44. The molecular weight excluding hydrogens is 264 g/mol. The Labute approximate surface area is 127 Å². The number of para-hydroxylation sites is 1. The molecule has 1 fully saturated rings. The fourth-order valence-corrected chi connectivity index (χ4v) is 2.65. The lowest BCUT2D eigenvalue weighted by Crippen LogP contribution is -2.55. The average Bonchev–Trinajstić information content (AvgIpc) is 2.49. The number of benzene rings is 1. The molecule has 2 unspecified atom stereocenters. The molecule has 1 aromatic carbocycles. The predicted octanol–water partition coefficient (Wildman–Crippen LogP) is 1.11. The molecule has 1 aromatic rings. The van der Waals surface area contributed by atoms with Crippen molar-refractivity contribution in [3.63, 3.8) is 0 Å². The van der Waals surface area contributed by atoms with Crippen molar-refractivity contribution in [1.82, 2.24) is 9.80 Å². The van der Waals surface area contributed by atoms with E-state index < -0.39 is 0 Å². The van der Waals surface area contributed by atoms with Gasteiger partial charge in [0.25, 0.3) is 0 Å². The van der Waals surface area contributed by atoms with Crippen LogP contribution in [0, 0.1) is 0 Å². The van der Waals surface area contributed by atoms with Gasteiger partial charge in [0.1, 0.15) is 0 Å². The van der Waals surface area contributed by atoms with Gasteiger partial charge in [-0.2, -0.15) is 0 Å². The summed E-state index contributed by atoms with van der Waals surface area (Å²) >= 11 is 0. The summed E-state index contributed by atoms with van der Waals surface area (Å²) in [5.74, 6) is 0.0349. The quantitative estimate of drug-likeness (QED) is 0.872. The highest BCUT2D eigenvalue weighted by molar-refractivity contribution is 5.95. The molecule has 1 heterocycles. The SMILES string of the molecule is CC1CN(C(C)C(=O)Nc2ccccc2CN)CCN1C. The summed E-state index contributed by atoms with van der Waals surface area (Å²) in [5, 5.41) is 3.01. The molecule has 3 N–H and O–H groups in total. The lowest BCUT2D eigenvalue weighted by atomic mass is 10.1. The summed E-state index contributed by atoms with van der Waals surface area (Å²) in [7, 11) is 2.13. The van der Waals surface area contributed by atoms with Gasteiger partial charge in [-0.25, -0.2) is 0 Å². The first-order valence-electron chi connectivity index (χ1n) is 7.56. The molecule has 0 radical (unpaired) electrons. The lowest BCUT2D eigenvalue weighted by Gasteiger charge is -2.40. The maximum atomic E-state index is 12.5. The molecule has 2 rings (SSSR count). The maximum Gasteiger partial charge on any atom is 0.241 e. The zero-order valence-electron chi connectivity index (χ0n) is 13.2. The molecule has 5 nitrogen and oxygen atoms in total. The number of piperazine rings is 1. The van der Waals surface area contributed by atoms with E-state index in [0.29, 0.717) is 12.6 Å². The normalized spacial score (nSPS) is 22.0. The van der Waals surface area contributed by atoms with Crippen LogP contribution in [0.1, 0.15) is 19.4 Å². The molecule has 0 bridgehead atoms. The number of nitrogens with zero attached hydrogens (tertiary/aromatic N) is 2. The Morgan fingerprint density at radius 3 is 2.81 bits per heavy atom. The number of carbonyl (C=O) groups is 1. The molecule has 1 amide bonds. The molecule has 0 aromatic heterocycles. The third-order valence-electron chi connectivity index (χ3n) is 4.41. The van der Waals surface area contributed by atoms with Crippen LogP contribution in [0.3, 0.4) is 0 Å². The number of nitrogens with one attached hydrogen (secondary N) is 1. The van der Waals surface area contributed by atoms with E-state index in [0.717, 1.165) is 30.9 Å². The van der Waals surface area contributed by atoms with Crippen molar-refractivity contribution < 1.29 is 4.79 Å². The Hall–Kier alpha value is -1.43. The van der Waals surface area contributed by atoms with E-state index in [4.69, 9.17) is 5.73 Å². The minimum absolute atomic E-state index is 0.0349. The molecule has 1 aliphatic heterocycles. The second kappa shape index (κ2) is 7.02. The van der Waals surface area contributed by atoms with Crippen molar-refractivity contribution in [3.05, 3.63) is 29.8 Å². The second-order valence-corrected chi connectivity index (χ2v) is 5.85. The molecule has 1 aliphatic rings. The highest BCUT2D eigenvalue weighted by Gasteiger charge is 2.28. The second-order valence-electron chi connectivity index (χ2n) is 5.85. The Balaban J connectivity index is 1.99. The first-order valence-corrected chi connectivity index (χ1v) is 7.56. The van der Waals surface area contributed by atoms with Crippen LogP contribution in [-0.4, -0.2) is 54.5 Å². The molecule has 0 spiro atoms. The van der Waals surface area contributed by atoms with E-state index in [2.05, 4.69) is 29.1 Å². The Kier molecular flexibility index (Phi) is 5.33. The van der Waals surface area contributed by atoms with Gasteiger partial charge in [0.2, 0.25) is 5.91 Å². The van der Waals surface area contributed by atoms with E-state index in [1.54, 1.807) is 0 Å². The largest absolute Gasteiger partial charge is 0.326 e. The first kappa shape index (κ1) is 15.9. The van der Waals surface area contributed by atoms with Crippen LogP contribution in [0.5, 0.6) is 0 Å². The minimum Gasteiger partial charge on any atom is -0.326 e. The van der Waals surface area contributed by atoms with Crippen LogP contribution >= 0.6 is 0 Å². The zero-order valence-corrected chi connectivity index (χ0v) is 13.2.